The van der Waals surface area contributed by atoms with Crippen molar-refractivity contribution in [3.05, 3.63) is 0 Å². The van der Waals surface area contributed by atoms with E-state index in [0.29, 0.717) is 19.3 Å². The summed E-state index contributed by atoms with van der Waals surface area (Å²) in [6.45, 7) is 1.35. The average Bonchev–Trinajstić information content (AvgIpc) is 2.65. The topological polar surface area (TPSA) is 104 Å². The smallest absolute Gasteiger partial charge is 0.325 e. The Bertz CT molecular complexity index is 314. The van der Waals surface area contributed by atoms with Crippen molar-refractivity contribution >= 4 is 17.8 Å². The summed E-state index contributed by atoms with van der Waals surface area (Å²) in [5.74, 6) is -3.86. The third-order valence-electron chi connectivity index (χ3n) is 2.90. The van der Waals surface area contributed by atoms with Gasteiger partial charge in [-0.1, -0.05) is 6.42 Å². The molecule has 1 saturated carbocycles. The summed E-state index contributed by atoms with van der Waals surface area (Å²) in [5, 5.41) is 19.8. The maximum atomic E-state index is 11.6. The first-order valence-corrected chi connectivity index (χ1v) is 5.19. The highest BCUT2D eigenvalue weighted by Crippen LogP contribution is 2.32. The number of rotatable bonds is 4. The minimum atomic E-state index is -1.13. The van der Waals surface area contributed by atoms with Gasteiger partial charge in [0, 0.05) is 0 Å². The predicted molar refractivity (Wildman–Crippen MR) is 53.7 cm³/mol. The molecule has 1 aliphatic carbocycles. The van der Waals surface area contributed by atoms with Gasteiger partial charge < -0.3 is 15.5 Å². The molecule has 0 heterocycles. The average molecular weight is 229 g/mol. The summed E-state index contributed by atoms with van der Waals surface area (Å²) < 4.78 is 0. The molecule has 0 spiro atoms. The molecule has 0 radical (unpaired) electrons. The van der Waals surface area contributed by atoms with Crippen molar-refractivity contribution in [2.24, 2.45) is 11.8 Å². The van der Waals surface area contributed by atoms with Crippen molar-refractivity contribution in [2.75, 3.05) is 0 Å². The van der Waals surface area contributed by atoms with Crippen molar-refractivity contribution in [1.29, 1.82) is 0 Å². The number of carboxylic acid groups (broad SMARTS) is 2. The molecule has 0 aliphatic heterocycles. The van der Waals surface area contributed by atoms with Crippen LogP contribution in [-0.4, -0.2) is 34.1 Å². The fraction of sp³-hybridized carbons (Fsp3) is 0.700. The molecule has 16 heavy (non-hydrogen) atoms. The van der Waals surface area contributed by atoms with Crippen LogP contribution < -0.4 is 5.32 Å². The van der Waals surface area contributed by atoms with Crippen molar-refractivity contribution in [2.45, 2.75) is 32.2 Å². The molecule has 0 bridgehead atoms. The molecule has 90 valence electrons. The number of carboxylic acids is 2. The number of hydrogen-bond donors (Lipinski definition) is 3. The lowest BCUT2D eigenvalue weighted by Gasteiger charge is -2.17. The van der Waals surface area contributed by atoms with E-state index in [2.05, 4.69) is 5.32 Å². The maximum absolute atomic E-state index is 11.6. The molecule has 6 heteroatoms. The highest BCUT2D eigenvalue weighted by molar-refractivity contribution is 5.88. The van der Waals surface area contributed by atoms with Crippen molar-refractivity contribution in [3.8, 4) is 0 Å². The van der Waals surface area contributed by atoms with Gasteiger partial charge in [-0.15, -0.1) is 0 Å². The number of nitrogens with one attached hydrogen (secondary N) is 1. The fourth-order valence-electron chi connectivity index (χ4n) is 1.95. The van der Waals surface area contributed by atoms with E-state index in [0.717, 1.165) is 0 Å². The molecule has 1 rings (SSSR count). The zero-order valence-corrected chi connectivity index (χ0v) is 8.97. The molecule has 0 aromatic carbocycles. The zero-order chi connectivity index (χ0) is 12.3. The van der Waals surface area contributed by atoms with Gasteiger partial charge in [0.2, 0.25) is 5.91 Å². The molecule has 0 aromatic heterocycles. The Morgan fingerprint density at radius 2 is 1.75 bits per heavy atom. The molecule has 1 unspecified atom stereocenters. The van der Waals surface area contributed by atoms with Gasteiger partial charge in [-0.2, -0.15) is 0 Å². The Hall–Kier alpha value is -1.59. The third kappa shape index (κ3) is 2.71. The fourth-order valence-corrected chi connectivity index (χ4v) is 1.95. The maximum Gasteiger partial charge on any atom is 0.325 e. The van der Waals surface area contributed by atoms with E-state index >= 15 is 0 Å². The number of aliphatic carboxylic acids is 2. The number of hydrogen-bond acceptors (Lipinski definition) is 3. The van der Waals surface area contributed by atoms with Gasteiger partial charge in [-0.25, -0.2) is 0 Å². The van der Waals surface area contributed by atoms with Gasteiger partial charge >= 0.3 is 11.9 Å². The van der Waals surface area contributed by atoms with Gasteiger partial charge in [0.15, 0.2) is 0 Å². The van der Waals surface area contributed by atoms with Crippen LogP contribution in [0.3, 0.4) is 0 Å². The molecular weight excluding hydrogens is 214 g/mol. The van der Waals surface area contributed by atoms with E-state index < -0.39 is 35.7 Å². The van der Waals surface area contributed by atoms with E-state index in [9.17, 15) is 14.4 Å². The molecule has 1 fully saturated rings. The first-order valence-electron chi connectivity index (χ1n) is 5.19. The largest absolute Gasteiger partial charge is 0.481 e. The van der Waals surface area contributed by atoms with E-state index in [4.69, 9.17) is 10.2 Å². The second-order valence-electron chi connectivity index (χ2n) is 4.05. The van der Waals surface area contributed by atoms with Gasteiger partial charge in [-0.05, 0) is 19.8 Å². The Morgan fingerprint density at radius 1 is 1.19 bits per heavy atom. The molecule has 1 amide bonds. The third-order valence-corrected chi connectivity index (χ3v) is 2.90. The first kappa shape index (κ1) is 12.5. The van der Waals surface area contributed by atoms with Gasteiger partial charge in [0.1, 0.15) is 6.04 Å². The highest BCUT2D eigenvalue weighted by atomic mass is 16.4. The summed E-state index contributed by atoms with van der Waals surface area (Å²) in [6.07, 6.45) is 1.68. The second-order valence-corrected chi connectivity index (χ2v) is 4.05. The monoisotopic (exact) mass is 229 g/mol. The lowest BCUT2D eigenvalue weighted by atomic mass is 9.95. The van der Waals surface area contributed by atoms with Crippen LogP contribution in [-0.2, 0) is 14.4 Å². The summed E-state index contributed by atoms with van der Waals surface area (Å²) in [4.78, 5) is 33.0. The summed E-state index contributed by atoms with van der Waals surface area (Å²) >= 11 is 0. The van der Waals surface area contributed by atoms with Crippen molar-refractivity contribution in [3.63, 3.8) is 0 Å². The molecule has 1 aliphatic rings. The molecule has 6 nitrogen and oxygen atoms in total. The second kappa shape index (κ2) is 4.96. The highest BCUT2D eigenvalue weighted by Gasteiger charge is 2.38. The molecule has 3 N–H and O–H groups in total. The summed E-state index contributed by atoms with van der Waals surface area (Å²) in [5.41, 5.74) is 0. The molecule has 0 saturated heterocycles. The standard InChI is InChI=1S/C10H15NO5/c1-5(9(13)14)11-8(12)6-3-2-4-7(6)10(15)16/h5-7H,2-4H2,1H3,(H,11,12)(H,13,14)(H,15,16)/t5?,6-,7+/m1/s1. The van der Waals surface area contributed by atoms with Gasteiger partial charge in [0.25, 0.3) is 0 Å². The Labute approximate surface area is 92.6 Å². The summed E-state index contributed by atoms with van der Waals surface area (Å²) in [6, 6.07) is -0.984. The SMILES string of the molecule is CC(NC(=O)[C@@H]1CCC[C@@H]1C(=O)O)C(=O)O. The Kier molecular flexibility index (Phi) is 3.87. The normalized spacial score (nSPS) is 26.1. The Balaban J connectivity index is 2.60. The quantitative estimate of drug-likeness (QED) is 0.633. The van der Waals surface area contributed by atoms with Crippen LogP contribution >= 0.6 is 0 Å². The number of carbonyl (C=O) groups is 3. The van der Waals surface area contributed by atoms with Crippen LogP contribution in [0.1, 0.15) is 26.2 Å². The molecular formula is C10H15NO5. The van der Waals surface area contributed by atoms with E-state index in [1.54, 1.807) is 0 Å². The van der Waals surface area contributed by atoms with Crippen LogP contribution in [0.4, 0.5) is 0 Å². The predicted octanol–water partition coefficient (Wildman–Crippen LogP) is 0.0766. The van der Waals surface area contributed by atoms with E-state index in [1.807, 2.05) is 0 Å². The number of carbonyl (C=O) groups excluding carboxylic acids is 1. The van der Waals surface area contributed by atoms with Crippen LogP contribution in [0.2, 0.25) is 0 Å². The van der Waals surface area contributed by atoms with Gasteiger partial charge in [-0.3, -0.25) is 14.4 Å². The lowest BCUT2D eigenvalue weighted by Crippen LogP contribution is -2.43. The minimum absolute atomic E-state index is 0.472. The molecule has 3 atom stereocenters. The van der Waals surface area contributed by atoms with Crippen molar-refractivity contribution in [1.82, 2.24) is 5.32 Å². The number of amides is 1. The first-order chi connectivity index (χ1) is 7.43. The summed E-state index contributed by atoms with van der Waals surface area (Å²) in [7, 11) is 0. The van der Waals surface area contributed by atoms with E-state index in [1.165, 1.54) is 6.92 Å². The van der Waals surface area contributed by atoms with Crippen LogP contribution in [0.25, 0.3) is 0 Å². The van der Waals surface area contributed by atoms with Crippen molar-refractivity contribution < 1.29 is 24.6 Å². The van der Waals surface area contributed by atoms with Crippen LogP contribution in [0.5, 0.6) is 0 Å². The van der Waals surface area contributed by atoms with E-state index in [-0.39, 0.29) is 0 Å². The van der Waals surface area contributed by atoms with Crippen LogP contribution in [0.15, 0.2) is 0 Å². The Morgan fingerprint density at radius 3 is 2.25 bits per heavy atom. The zero-order valence-electron chi connectivity index (χ0n) is 8.97. The molecule has 0 aromatic rings. The minimum Gasteiger partial charge on any atom is -0.481 e. The lowest BCUT2D eigenvalue weighted by molar-refractivity contribution is -0.147. The van der Waals surface area contributed by atoms with Crippen LogP contribution in [0, 0.1) is 11.8 Å². The van der Waals surface area contributed by atoms with Gasteiger partial charge in [0.05, 0.1) is 11.8 Å².